The van der Waals surface area contributed by atoms with Gasteiger partial charge in [-0.1, -0.05) is 33.6 Å². The Bertz CT molecular complexity index is 542. The molecule has 0 unspecified atom stereocenters. The van der Waals surface area contributed by atoms with Gasteiger partial charge in [0.25, 0.3) is 0 Å². The molecule has 1 aromatic heterocycles. The van der Waals surface area contributed by atoms with Gasteiger partial charge < -0.3 is 0 Å². The van der Waals surface area contributed by atoms with E-state index >= 15 is 0 Å². The third-order valence-corrected chi connectivity index (χ3v) is 3.14. The average Bonchev–Trinajstić information content (AvgIpc) is 2.33. The number of ketones is 1. The Labute approximate surface area is 113 Å². The van der Waals surface area contributed by atoms with Crippen molar-refractivity contribution in [2.24, 2.45) is 0 Å². The zero-order valence-corrected chi connectivity index (χ0v) is 11.2. The monoisotopic (exact) mass is 309 g/mol. The Morgan fingerprint density at radius 2 is 2.18 bits per heavy atom. The van der Waals surface area contributed by atoms with Crippen molar-refractivity contribution in [1.82, 2.24) is 4.98 Å². The fraction of sp³-hybridized carbons (Fsp3) is 0.0769. The molecule has 0 radical (unpaired) electrons. The molecule has 0 saturated carbocycles. The smallest absolute Gasteiger partial charge is 0.168 e. The number of hydrogen-bond donors (Lipinski definition) is 0. The SMILES string of the molecule is O=C(Cc1cccnc1)c1cc(Br)ccc1Cl. The van der Waals surface area contributed by atoms with Crippen molar-refractivity contribution in [2.45, 2.75) is 6.42 Å². The van der Waals surface area contributed by atoms with Crippen LogP contribution in [0.15, 0.2) is 47.2 Å². The summed E-state index contributed by atoms with van der Waals surface area (Å²) in [6.45, 7) is 0. The number of carbonyl (C=O) groups excluding carboxylic acids is 1. The molecular formula is C13H9BrClNO. The number of Topliss-reactive ketones (excluding diaryl/α,β-unsaturated/α-hetero) is 1. The number of pyridine rings is 1. The van der Waals surface area contributed by atoms with E-state index in [9.17, 15) is 4.79 Å². The van der Waals surface area contributed by atoms with Crippen molar-refractivity contribution < 1.29 is 4.79 Å². The molecule has 0 aliphatic heterocycles. The molecule has 86 valence electrons. The lowest BCUT2D eigenvalue weighted by molar-refractivity contribution is 0.0993. The van der Waals surface area contributed by atoms with Gasteiger partial charge in [-0.25, -0.2) is 0 Å². The lowest BCUT2D eigenvalue weighted by Crippen LogP contribution is -2.04. The molecule has 2 nitrogen and oxygen atoms in total. The van der Waals surface area contributed by atoms with Crippen molar-refractivity contribution in [3.63, 3.8) is 0 Å². The second kappa shape index (κ2) is 5.43. The van der Waals surface area contributed by atoms with Crippen LogP contribution in [-0.2, 0) is 6.42 Å². The standard InChI is InChI=1S/C13H9BrClNO/c14-10-3-4-12(15)11(7-10)13(17)6-9-2-1-5-16-8-9/h1-5,7-8H,6H2. The lowest BCUT2D eigenvalue weighted by atomic mass is 10.0. The molecule has 2 rings (SSSR count). The highest BCUT2D eigenvalue weighted by Crippen LogP contribution is 2.22. The molecule has 1 heterocycles. The molecule has 0 atom stereocenters. The Balaban J connectivity index is 2.23. The average molecular weight is 311 g/mol. The molecule has 0 N–H and O–H groups in total. The summed E-state index contributed by atoms with van der Waals surface area (Å²) < 4.78 is 0.844. The fourth-order valence-corrected chi connectivity index (χ4v) is 2.08. The van der Waals surface area contributed by atoms with E-state index in [0.29, 0.717) is 17.0 Å². The zero-order chi connectivity index (χ0) is 12.3. The van der Waals surface area contributed by atoms with E-state index in [1.54, 1.807) is 24.5 Å². The number of aromatic nitrogens is 1. The number of carbonyl (C=O) groups is 1. The number of halogens is 2. The minimum Gasteiger partial charge on any atom is -0.294 e. The van der Waals surface area contributed by atoms with E-state index < -0.39 is 0 Å². The quantitative estimate of drug-likeness (QED) is 0.804. The molecule has 0 aliphatic rings. The maximum atomic E-state index is 12.1. The van der Waals surface area contributed by atoms with Crippen LogP contribution < -0.4 is 0 Å². The van der Waals surface area contributed by atoms with Gasteiger partial charge in [0.2, 0.25) is 0 Å². The van der Waals surface area contributed by atoms with E-state index in [4.69, 9.17) is 11.6 Å². The first-order valence-electron chi connectivity index (χ1n) is 5.04. The van der Waals surface area contributed by atoms with Crippen LogP contribution in [0.2, 0.25) is 5.02 Å². The fourth-order valence-electron chi connectivity index (χ4n) is 1.49. The summed E-state index contributed by atoms with van der Waals surface area (Å²) in [6.07, 6.45) is 3.67. The first-order chi connectivity index (χ1) is 8.16. The summed E-state index contributed by atoms with van der Waals surface area (Å²) in [6, 6.07) is 8.94. The Hall–Kier alpha value is -1.19. The zero-order valence-electron chi connectivity index (χ0n) is 8.86. The molecule has 2 aromatic rings. The predicted octanol–water partition coefficient (Wildman–Crippen LogP) is 3.92. The highest BCUT2D eigenvalue weighted by atomic mass is 79.9. The molecule has 0 amide bonds. The van der Waals surface area contributed by atoms with Crippen molar-refractivity contribution in [2.75, 3.05) is 0 Å². The molecule has 0 fully saturated rings. The number of rotatable bonds is 3. The van der Waals surface area contributed by atoms with Crippen molar-refractivity contribution in [3.8, 4) is 0 Å². The van der Waals surface area contributed by atoms with Crippen LogP contribution in [0.4, 0.5) is 0 Å². The first kappa shape index (κ1) is 12.3. The molecule has 0 aliphatic carbocycles. The molecule has 1 aromatic carbocycles. The van der Waals surface area contributed by atoms with Crippen LogP contribution in [0.1, 0.15) is 15.9 Å². The second-order valence-electron chi connectivity index (χ2n) is 3.59. The van der Waals surface area contributed by atoms with Crippen LogP contribution in [-0.4, -0.2) is 10.8 Å². The number of nitrogens with zero attached hydrogens (tertiary/aromatic N) is 1. The van der Waals surface area contributed by atoms with Crippen molar-refractivity contribution in [3.05, 3.63) is 63.3 Å². The minimum atomic E-state index is -0.00991. The molecule has 4 heteroatoms. The van der Waals surface area contributed by atoms with Gasteiger partial charge in [0, 0.05) is 28.9 Å². The third-order valence-electron chi connectivity index (χ3n) is 2.32. The van der Waals surface area contributed by atoms with Gasteiger partial charge in [-0.05, 0) is 29.8 Å². The predicted molar refractivity (Wildman–Crippen MR) is 71.4 cm³/mol. The van der Waals surface area contributed by atoms with Crippen molar-refractivity contribution >= 4 is 33.3 Å². The van der Waals surface area contributed by atoms with Crippen LogP contribution in [0.5, 0.6) is 0 Å². The normalized spacial score (nSPS) is 10.2. The van der Waals surface area contributed by atoms with Gasteiger partial charge in [-0.3, -0.25) is 9.78 Å². The Morgan fingerprint density at radius 1 is 1.35 bits per heavy atom. The Morgan fingerprint density at radius 3 is 2.88 bits per heavy atom. The van der Waals surface area contributed by atoms with Gasteiger partial charge in [-0.15, -0.1) is 0 Å². The lowest BCUT2D eigenvalue weighted by Gasteiger charge is -2.04. The summed E-state index contributed by atoms with van der Waals surface area (Å²) >= 11 is 9.33. The van der Waals surface area contributed by atoms with Crippen LogP contribution in [0, 0.1) is 0 Å². The van der Waals surface area contributed by atoms with Gasteiger partial charge in [0.05, 0.1) is 5.02 Å². The first-order valence-corrected chi connectivity index (χ1v) is 6.21. The van der Waals surface area contributed by atoms with Gasteiger partial charge in [0.15, 0.2) is 5.78 Å². The van der Waals surface area contributed by atoms with Crippen LogP contribution in [0.3, 0.4) is 0 Å². The summed E-state index contributed by atoms with van der Waals surface area (Å²) in [5, 5.41) is 0.474. The maximum absolute atomic E-state index is 12.1. The second-order valence-corrected chi connectivity index (χ2v) is 4.91. The van der Waals surface area contributed by atoms with Gasteiger partial charge in [-0.2, -0.15) is 0 Å². The topological polar surface area (TPSA) is 30.0 Å². The van der Waals surface area contributed by atoms with E-state index in [-0.39, 0.29) is 5.78 Å². The van der Waals surface area contributed by atoms with Crippen LogP contribution >= 0.6 is 27.5 Å². The maximum Gasteiger partial charge on any atom is 0.168 e. The van der Waals surface area contributed by atoms with Gasteiger partial charge >= 0.3 is 0 Å². The summed E-state index contributed by atoms with van der Waals surface area (Å²) in [7, 11) is 0. The third kappa shape index (κ3) is 3.14. The summed E-state index contributed by atoms with van der Waals surface area (Å²) in [4.78, 5) is 16.0. The minimum absolute atomic E-state index is 0.00991. The highest BCUT2D eigenvalue weighted by Gasteiger charge is 2.11. The van der Waals surface area contributed by atoms with Crippen LogP contribution in [0.25, 0.3) is 0 Å². The largest absolute Gasteiger partial charge is 0.294 e. The van der Waals surface area contributed by atoms with Crippen molar-refractivity contribution in [1.29, 1.82) is 0 Å². The summed E-state index contributed by atoms with van der Waals surface area (Å²) in [5.74, 6) is -0.00991. The van der Waals surface area contributed by atoms with Gasteiger partial charge in [0.1, 0.15) is 0 Å². The Kier molecular flexibility index (Phi) is 3.92. The molecular weight excluding hydrogens is 302 g/mol. The molecule has 0 saturated heterocycles. The van der Waals surface area contributed by atoms with E-state index in [2.05, 4.69) is 20.9 Å². The highest BCUT2D eigenvalue weighted by molar-refractivity contribution is 9.10. The molecule has 17 heavy (non-hydrogen) atoms. The van der Waals surface area contributed by atoms with E-state index in [1.165, 1.54) is 0 Å². The van der Waals surface area contributed by atoms with E-state index in [1.807, 2.05) is 18.2 Å². The molecule has 0 spiro atoms. The molecule has 0 bridgehead atoms. The van der Waals surface area contributed by atoms with E-state index in [0.717, 1.165) is 10.0 Å². The number of benzene rings is 1. The number of hydrogen-bond acceptors (Lipinski definition) is 2. The summed E-state index contributed by atoms with van der Waals surface area (Å²) in [5.41, 5.74) is 1.42.